The van der Waals surface area contributed by atoms with Crippen LogP contribution in [0.2, 0.25) is 0 Å². The summed E-state index contributed by atoms with van der Waals surface area (Å²) in [6.45, 7) is 0. The number of benzene rings is 8. The Labute approximate surface area is 622 Å². The summed E-state index contributed by atoms with van der Waals surface area (Å²) in [6, 6.07) is 82.8. The van der Waals surface area contributed by atoms with Crippen molar-refractivity contribution in [2.45, 2.75) is 51.4 Å². The van der Waals surface area contributed by atoms with E-state index in [1.807, 2.05) is 146 Å². The maximum absolute atomic E-state index is 9.83. The van der Waals surface area contributed by atoms with Gasteiger partial charge in [-0.1, -0.05) is 194 Å². The molecule has 520 valence electrons. The third-order valence-electron chi connectivity index (χ3n) is 21.2. The molecule has 0 unspecified atom stereocenters. The Morgan fingerprint density at radius 3 is 0.630 bits per heavy atom. The Hall–Kier alpha value is -14.3. The van der Waals surface area contributed by atoms with E-state index in [0.29, 0.717) is 45.8 Å². The zero-order valence-electron chi connectivity index (χ0n) is 59.7. The molecule has 0 fully saturated rings. The van der Waals surface area contributed by atoms with Crippen molar-refractivity contribution >= 4 is 43.6 Å². The summed E-state index contributed by atoms with van der Waals surface area (Å²) >= 11 is 0. The molecule has 108 heavy (non-hydrogen) atoms. The van der Waals surface area contributed by atoms with Gasteiger partial charge in [0.2, 0.25) is 23.5 Å². The quantitative estimate of drug-likeness (QED) is 0.111. The average Bonchev–Trinajstić information content (AvgIpc) is 1.51. The van der Waals surface area contributed by atoms with E-state index in [1.165, 1.54) is 43.8 Å². The Kier molecular flexibility index (Phi) is 17.6. The van der Waals surface area contributed by atoms with Crippen LogP contribution < -0.4 is 18.9 Å². The first-order valence-electron chi connectivity index (χ1n) is 35.9. The number of aromatic nitrogens is 8. The van der Waals surface area contributed by atoms with Gasteiger partial charge in [0.05, 0.1) is 74.0 Å². The number of pyridine rings is 4. The molecule has 0 amide bonds. The number of para-hydroxylation sites is 4. The number of aryl methyl sites for hydroxylation is 4. The molecule has 0 saturated heterocycles. The van der Waals surface area contributed by atoms with E-state index in [0.717, 1.165) is 186 Å². The van der Waals surface area contributed by atoms with Crippen LogP contribution in [0.15, 0.2) is 218 Å². The fourth-order valence-electron chi connectivity index (χ4n) is 16.6. The molecule has 8 heterocycles. The summed E-state index contributed by atoms with van der Waals surface area (Å²) < 4.78 is 22.0. The molecule has 16 aromatic rings. The normalized spacial score (nSPS) is 12.3. The minimum atomic E-state index is 0.376. The van der Waals surface area contributed by atoms with Crippen LogP contribution in [-0.4, -0.2) is 68.3 Å². The van der Waals surface area contributed by atoms with Gasteiger partial charge in [-0.25, -0.2) is 19.9 Å². The molecule has 8 aromatic carbocycles. The summed E-state index contributed by atoms with van der Waals surface area (Å²) in [5.74, 6) is 1.51. The van der Waals surface area contributed by atoms with Crippen molar-refractivity contribution in [3.8, 4) is 138 Å². The number of nitrogens with zero attached hydrogens (tertiary/aromatic N) is 8. The van der Waals surface area contributed by atoms with Gasteiger partial charge in [0.15, 0.2) is 0 Å². The second-order valence-electron chi connectivity index (χ2n) is 26.8. The van der Waals surface area contributed by atoms with Crippen LogP contribution >= 0.6 is 0 Å². The monoisotopic (exact) mass is 1400 g/mol. The molecule has 0 atom stereocenters. The molecule has 16 heteroatoms. The molecule has 0 saturated carbocycles. The minimum Gasteiger partial charge on any atom is -0.480 e. The summed E-state index contributed by atoms with van der Waals surface area (Å²) in [5.41, 5.74) is 31.6. The van der Waals surface area contributed by atoms with Gasteiger partial charge in [0, 0.05) is 65.9 Å². The van der Waals surface area contributed by atoms with Crippen molar-refractivity contribution in [2.24, 2.45) is 0 Å². The molecule has 8 aromatic heterocycles. The summed E-state index contributed by atoms with van der Waals surface area (Å²) in [4.78, 5) is 33.2. The largest absolute Gasteiger partial charge is 0.480 e. The fourth-order valence-corrected chi connectivity index (χ4v) is 16.6. The standard InChI is InChI=1S/4C23H17N3O/c4*1-27-23-18(13-24)20(14-7-3-2-4-8-14)17-12-11-16-15-9-5-6-10-19(15)25-21(16)22(17)26-23/h4*2-10,25H,11-12H2,1H3. The third-order valence-corrected chi connectivity index (χ3v) is 21.2. The Morgan fingerprint density at radius 2 is 0.435 bits per heavy atom. The lowest BCUT2D eigenvalue weighted by atomic mass is 9.85. The zero-order valence-corrected chi connectivity index (χ0v) is 59.7. The topological polar surface area (TPSA) is 247 Å². The van der Waals surface area contributed by atoms with Gasteiger partial charge in [-0.2, -0.15) is 21.0 Å². The Morgan fingerprint density at radius 1 is 0.250 bits per heavy atom. The highest BCUT2D eigenvalue weighted by Gasteiger charge is 2.34. The van der Waals surface area contributed by atoms with Crippen LogP contribution in [0.25, 0.3) is 134 Å². The zero-order chi connectivity index (χ0) is 73.5. The second-order valence-corrected chi connectivity index (χ2v) is 26.8. The van der Waals surface area contributed by atoms with Crippen LogP contribution in [-0.2, 0) is 51.4 Å². The highest BCUT2D eigenvalue weighted by Crippen LogP contribution is 2.49. The van der Waals surface area contributed by atoms with Crippen molar-refractivity contribution in [1.29, 1.82) is 21.0 Å². The number of hydrogen-bond donors (Lipinski definition) is 4. The molecule has 0 spiro atoms. The van der Waals surface area contributed by atoms with Crippen LogP contribution in [0.5, 0.6) is 23.5 Å². The first-order valence-corrected chi connectivity index (χ1v) is 35.9. The van der Waals surface area contributed by atoms with Gasteiger partial charge in [0.25, 0.3) is 0 Å². The lowest BCUT2D eigenvalue weighted by Gasteiger charge is -2.22. The molecule has 0 bridgehead atoms. The van der Waals surface area contributed by atoms with Crippen molar-refractivity contribution < 1.29 is 18.9 Å². The molecule has 20 rings (SSSR count). The maximum atomic E-state index is 9.83. The number of nitrogens with one attached hydrogen (secondary N) is 4. The number of H-pyrrole nitrogens is 4. The lowest BCUT2D eigenvalue weighted by molar-refractivity contribution is 0.396. The predicted octanol–water partition coefficient (Wildman–Crippen LogP) is 19.5. The molecular weight excluding hydrogens is 1340 g/mol. The fraction of sp³-hybridized carbons (Fsp3) is 0.130. The molecule has 16 nitrogen and oxygen atoms in total. The van der Waals surface area contributed by atoms with Crippen molar-refractivity contribution in [2.75, 3.05) is 28.4 Å². The number of methoxy groups -OCH3 is 4. The van der Waals surface area contributed by atoms with Gasteiger partial charge in [-0.05, 0) is 142 Å². The summed E-state index contributed by atoms with van der Waals surface area (Å²) in [5, 5.41) is 44.3. The van der Waals surface area contributed by atoms with Crippen molar-refractivity contribution in [1.82, 2.24) is 39.9 Å². The Bertz CT molecular complexity index is 5640. The first-order chi connectivity index (χ1) is 53.3. The number of ether oxygens (including phenoxy) is 4. The van der Waals surface area contributed by atoms with Gasteiger partial charge < -0.3 is 38.9 Å². The summed E-state index contributed by atoms with van der Waals surface area (Å²) in [6.07, 6.45) is 7.08. The van der Waals surface area contributed by atoms with Crippen molar-refractivity contribution in [3.05, 3.63) is 285 Å². The predicted molar refractivity (Wildman–Crippen MR) is 423 cm³/mol. The third kappa shape index (κ3) is 11.4. The maximum Gasteiger partial charge on any atom is 0.232 e. The van der Waals surface area contributed by atoms with E-state index >= 15 is 0 Å². The number of hydrogen-bond acceptors (Lipinski definition) is 12. The van der Waals surface area contributed by atoms with Crippen molar-refractivity contribution in [3.63, 3.8) is 0 Å². The molecule has 0 aliphatic heterocycles. The number of nitriles is 4. The number of fused-ring (bicyclic) bond motifs is 20. The van der Waals surface area contributed by atoms with E-state index in [9.17, 15) is 21.0 Å². The highest BCUT2D eigenvalue weighted by atomic mass is 16.5. The molecule has 0 radical (unpaired) electrons. The van der Waals surface area contributed by atoms with Gasteiger partial charge in [-0.3, -0.25) is 0 Å². The van der Waals surface area contributed by atoms with Crippen LogP contribution in [0.1, 0.15) is 66.8 Å². The smallest absolute Gasteiger partial charge is 0.232 e. The highest BCUT2D eigenvalue weighted by molar-refractivity contribution is 5.98. The van der Waals surface area contributed by atoms with Crippen LogP contribution in [0.3, 0.4) is 0 Å². The minimum absolute atomic E-state index is 0.376. The molecular formula is C92H68N12O4. The molecule has 4 N–H and O–H groups in total. The van der Waals surface area contributed by atoms with Crippen LogP contribution in [0, 0.1) is 45.3 Å². The van der Waals surface area contributed by atoms with E-state index in [4.69, 9.17) is 38.9 Å². The molecule has 4 aliphatic rings. The van der Waals surface area contributed by atoms with Gasteiger partial charge >= 0.3 is 0 Å². The molecule has 4 aliphatic carbocycles. The van der Waals surface area contributed by atoms with E-state index < -0.39 is 0 Å². The van der Waals surface area contributed by atoms with Gasteiger partial charge in [-0.15, -0.1) is 0 Å². The van der Waals surface area contributed by atoms with E-state index in [2.05, 4.69) is 117 Å². The number of aromatic amines is 4. The van der Waals surface area contributed by atoms with E-state index in [1.54, 1.807) is 28.4 Å². The van der Waals surface area contributed by atoms with Gasteiger partial charge in [0.1, 0.15) is 46.5 Å². The Balaban J connectivity index is 0.000000105. The summed E-state index contributed by atoms with van der Waals surface area (Å²) in [7, 11) is 6.27. The van der Waals surface area contributed by atoms with E-state index in [-0.39, 0.29) is 0 Å². The van der Waals surface area contributed by atoms with Crippen LogP contribution in [0.4, 0.5) is 0 Å². The number of rotatable bonds is 8. The SMILES string of the molecule is COc1nc2c(c(-c3ccccc3)c1C#N)CCc1c-2[nH]c2ccccc12.COc1nc2c(c(-c3ccccc3)c1C#N)CCc1c-2[nH]c2ccccc12.COc1nc2c(c(-c3ccccc3)c1C#N)CCc1c-2[nH]c2ccccc12.COc1nc2c(c(-c3ccccc3)c1C#N)CCc1c-2[nH]c2ccccc12. The first kappa shape index (κ1) is 66.9. The second kappa shape index (κ2) is 28.4. The average molecular weight is 1410 g/mol. The lowest BCUT2D eigenvalue weighted by Crippen LogP contribution is -2.10.